The molecule has 0 fully saturated rings. The molecule has 0 unspecified atom stereocenters. The molecule has 0 aliphatic carbocycles. The fourth-order valence-corrected chi connectivity index (χ4v) is 2.43. The molecule has 1 aromatic rings. The molecule has 22 heavy (non-hydrogen) atoms. The Bertz CT molecular complexity index is 537. The summed E-state index contributed by atoms with van der Waals surface area (Å²) in [5, 5.41) is 3.24. The minimum absolute atomic E-state index is 0.125. The van der Waals surface area contributed by atoms with Crippen molar-refractivity contribution in [1.29, 1.82) is 0 Å². The smallest absolute Gasteiger partial charge is 0.224 e. The Morgan fingerprint density at radius 2 is 2.09 bits per heavy atom. The van der Waals surface area contributed by atoms with Crippen LogP contribution in [0.2, 0.25) is 5.02 Å². The Balaban J connectivity index is 2.78. The summed E-state index contributed by atoms with van der Waals surface area (Å²) in [6, 6.07) is 2.70. The zero-order chi connectivity index (χ0) is 16.5. The average molecular weight is 346 g/mol. The van der Waals surface area contributed by atoms with E-state index in [4.69, 9.17) is 28.6 Å². The van der Waals surface area contributed by atoms with E-state index in [0.717, 1.165) is 19.3 Å². The van der Waals surface area contributed by atoms with Gasteiger partial charge < -0.3 is 10.1 Å². The highest BCUT2D eigenvalue weighted by Crippen LogP contribution is 2.25. The number of nitrogens with one attached hydrogen (secondary N) is 1. The Labute approximate surface area is 141 Å². The van der Waals surface area contributed by atoms with Crippen molar-refractivity contribution >= 4 is 40.5 Å². The molecule has 0 bridgehead atoms. The maximum absolute atomic E-state index is 13.9. The molecule has 1 rings (SSSR count). The highest BCUT2D eigenvalue weighted by Gasteiger charge is 2.13. The van der Waals surface area contributed by atoms with Crippen LogP contribution in [0.4, 0.5) is 10.1 Å². The molecule has 0 heterocycles. The molecule has 0 aliphatic rings. The van der Waals surface area contributed by atoms with Gasteiger partial charge >= 0.3 is 0 Å². The van der Waals surface area contributed by atoms with E-state index >= 15 is 0 Å². The van der Waals surface area contributed by atoms with Gasteiger partial charge in [0.15, 0.2) is 5.05 Å². The molecular formula is C16H21ClFNO2S. The Morgan fingerprint density at radius 3 is 2.73 bits per heavy atom. The summed E-state index contributed by atoms with van der Waals surface area (Å²) in [4.78, 5) is 11.8. The highest BCUT2D eigenvalue weighted by molar-refractivity contribution is 7.80. The number of unbranched alkanes of at least 4 members (excludes halogenated alkanes) is 2. The van der Waals surface area contributed by atoms with Crippen LogP contribution >= 0.6 is 23.8 Å². The van der Waals surface area contributed by atoms with E-state index in [2.05, 4.69) is 12.2 Å². The minimum atomic E-state index is -0.556. The molecule has 3 nitrogen and oxygen atoms in total. The van der Waals surface area contributed by atoms with Crippen molar-refractivity contribution in [1.82, 2.24) is 0 Å². The predicted molar refractivity (Wildman–Crippen MR) is 92.1 cm³/mol. The van der Waals surface area contributed by atoms with Gasteiger partial charge in [0.1, 0.15) is 5.82 Å². The number of ether oxygens (including phenoxy) is 1. The van der Waals surface area contributed by atoms with Gasteiger partial charge in [0, 0.05) is 17.9 Å². The van der Waals surface area contributed by atoms with Crippen molar-refractivity contribution in [2.24, 2.45) is 0 Å². The first-order chi connectivity index (χ1) is 10.5. The summed E-state index contributed by atoms with van der Waals surface area (Å²) in [6.45, 7) is 4.36. The highest BCUT2D eigenvalue weighted by atomic mass is 35.5. The zero-order valence-electron chi connectivity index (χ0n) is 12.9. The third kappa shape index (κ3) is 6.28. The van der Waals surface area contributed by atoms with E-state index in [1.54, 1.807) is 0 Å². The lowest BCUT2D eigenvalue weighted by molar-refractivity contribution is -0.116. The average Bonchev–Trinajstić information content (AvgIpc) is 2.44. The van der Waals surface area contributed by atoms with E-state index in [0.29, 0.717) is 30.1 Å². The molecule has 1 amide bonds. The quantitative estimate of drug-likeness (QED) is 0.537. The number of hydrogen-bond donors (Lipinski definition) is 1. The van der Waals surface area contributed by atoms with E-state index in [1.165, 1.54) is 12.1 Å². The first kappa shape index (κ1) is 18.8. The van der Waals surface area contributed by atoms with Crippen LogP contribution in [0.15, 0.2) is 12.1 Å². The van der Waals surface area contributed by atoms with Gasteiger partial charge in [-0.3, -0.25) is 4.79 Å². The first-order valence-electron chi connectivity index (χ1n) is 7.41. The second kappa shape index (κ2) is 9.74. The zero-order valence-corrected chi connectivity index (χ0v) is 14.5. The van der Waals surface area contributed by atoms with Crippen molar-refractivity contribution in [3.8, 4) is 0 Å². The molecule has 0 aliphatic heterocycles. The Hall–Kier alpha value is -1.20. The number of carbonyl (C=O) groups is 1. The number of anilines is 1. The summed E-state index contributed by atoms with van der Waals surface area (Å²) in [7, 11) is 0. The lowest BCUT2D eigenvalue weighted by Crippen LogP contribution is -2.13. The number of carbonyl (C=O) groups excluding carboxylic acids is 1. The topological polar surface area (TPSA) is 38.3 Å². The predicted octanol–water partition coefficient (Wildman–Crippen LogP) is 4.90. The van der Waals surface area contributed by atoms with Crippen LogP contribution in [-0.4, -0.2) is 17.6 Å². The number of hydrogen-bond acceptors (Lipinski definition) is 3. The SMILES string of the molecule is CCCCCC(=O)Nc1cc(CC(=S)OCC)c(Cl)cc1F. The van der Waals surface area contributed by atoms with Gasteiger partial charge in [-0.25, -0.2) is 4.39 Å². The lowest BCUT2D eigenvalue weighted by Gasteiger charge is -2.11. The second-order valence-electron chi connectivity index (χ2n) is 4.91. The molecule has 0 spiro atoms. The standard InChI is InChI=1S/C16H21ClFNO2S/c1-3-5-6-7-15(20)19-14-8-11(9-16(22)21-4-2)12(17)10-13(14)18/h8,10H,3-7,9H2,1-2H3,(H,19,20). The maximum Gasteiger partial charge on any atom is 0.224 e. The van der Waals surface area contributed by atoms with Gasteiger partial charge in [0.25, 0.3) is 0 Å². The van der Waals surface area contributed by atoms with Crippen LogP contribution in [-0.2, 0) is 16.0 Å². The number of halogens is 2. The lowest BCUT2D eigenvalue weighted by atomic mass is 10.1. The van der Waals surface area contributed by atoms with Crippen LogP contribution in [0, 0.1) is 5.82 Å². The fraction of sp³-hybridized carbons (Fsp3) is 0.500. The van der Waals surface area contributed by atoms with Crippen LogP contribution in [0.5, 0.6) is 0 Å². The molecule has 1 N–H and O–H groups in total. The molecular weight excluding hydrogens is 325 g/mol. The van der Waals surface area contributed by atoms with Crippen LogP contribution in [0.25, 0.3) is 0 Å². The summed E-state index contributed by atoms with van der Waals surface area (Å²) >= 11 is 11.1. The molecule has 6 heteroatoms. The molecule has 122 valence electrons. The van der Waals surface area contributed by atoms with Gasteiger partial charge in [0.2, 0.25) is 5.91 Å². The van der Waals surface area contributed by atoms with Gasteiger partial charge in [-0.15, -0.1) is 0 Å². The summed E-state index contributed by atoms with van der Waals surface area (Å²) < 4.78 is 19.1. The number of benzene rings is 1. The van der Waals surface area contributed by atoms with Crippen LogP contribution in [0.1, 0.15) is 45.1 Å². The molecule has 0 saturated carbocycles. The van der Waals surface area contributed by atoms with Crippen LogP contribution in [0.3, 0.4) is 0 Å². The summed E-state index contributed by atoms with van der Waals surface area (Å²) in [6.07, 6.45) is 3.48. The maximum atomic E-state index is 13.9. The van der Waals surface area contributed by atoms with E-state index in [1.807, 2.05) is 6.92 Å². The van der Waals surface area contributed by atoms with Gasteiger partial charge in [-0.05, 0) is 43.3 Å². The third-order valence-electron chi connectivity index (χ3n) is 3.06. The minimum Gasteiger partial charge on any atom is -0.487 e. The summed E-state index contributed by atoms with van der Waals surface area (Å²) in [5.41, 5.74) is 0.755. The Kier molecular flexibility index (Phi) is 8.35. The van der Waals surface area contributed by atoms with E-state index in [-0.39, 0.29) is 16.6 Å². The van der Waals surface area contributed by atoms with E-state index < -0.39 is 5.82 Å². The molecule has 0 atom stereocenters. The monoisotopic (exact) mass is 345 g/mol. The van der Waals surface area contributed by atoms with Crippen molar-refractivity contribution in [2.45, 2.75) is 46.0 Å². The van der Waals surface area contributed by atoms with Gasteiger partial charge in [-0.1, -0.05) is 31.4 Å². The van der Waals surface area contributed by atoms with Crippen molar-refractivity contribution in [2.75, 3.05) is 11.9 Å². The number of rotatable bonds is 8. The number of amides is 1. The summed E-state index contributed by atoms with van der Waals surface area (Å²) in [5.74, 6) is -0.757. The normalized spacial score (nSPS) is 10.4. The fourth-order valence-electron chi connectivity index (χ4n) is 1.94. The third-order valence-corrected chi connectivity index (χ3v) is 3.67. The van der Waals surface area contributed by atoms with Crippen molar-refractivity contribution in [3.63, 3.8) is 0 Å². The number of thiocarbonyl (C=S) groups is 1. The molecule has 1 aromatic carbocycles. The van der Waals surface area contributed by atoms with Crippen molar-refractivity contribution < 1.29 is 13.9 Å². The molecule has 0 saturated heterocycles. The second-order valence-corrected chi connectivity index (χ2v) is 5.77. The van der Waals surface area contributed by atoms with Crippen LogP contribution < -0.4 is 5.32 Å². The Morgan fingerprint density at radius 1 is 1.36 bits per heavy atom. The van der Waals surface area contributed by atoms with Gasteiger partial charge in [-0.2, -0.15) is 0 Å². The van der Waals surface area contributed by atoms with Crippen molar-refractivity contribution in [3.05, 3.63) is 28.5 Å². The first-order valence-corrected chi connectivity index (χ1v) is 8.19. The van der Waals surface area contributed by atoms with E-state index in [9.17, 15) is 9.18 Å². The molecule has 0 aromatic heterocycles. The largest absolute Gasteiger partial charge is 0.487 e. The van der Waals surface area contributed by atoms with Gasteiger partial charge in [0.05, 0.1) is 12.3 Å². The molecule has 0 radical (unpaired) electrons.